The van der Waals surface area contributed by atoms with Crippen molar-refractivity contribution in [1.29, 1.82) is 0 Å². The topological polar surface area (TPSA) is 75.4 Å². The molecule has 1 saturated heterocycles. The van der Waals surface area contributed by atoms with E-state index in [1.165, 1.54) is 0 Å². The number of nitrogens with zero attached hydrogens (tertiary/aromatic N) is 1. The molecule has 0 aromatic heterocycles. The van der Waals surface area contributed by atoms with Crippen LogP contribution in [0.3, 0.4) is 0 Å². The minimum Gasteiger partial charge on any atom is -0.339 e. The minimum absolute atomic E-state index is 0.0616. The lowest BCUT2D eigenvalue weighted by Gasteiger charge is -2.34. The summed E-state index contributed by atoms with van der Waals surface area (Å²) in [5, 5.41) is 3.24. The zero-order valence-corrected chi connectivity index (χ0v) is 16.0. The fraction of sp³-hybridized carbons (Fsp3) is 0.579. The number of halogens is 1. The number of likely N-dealkylation sites (tertiary alicyclic amines) is 1. The van der Waals surface area contributed by atoms with Crippen molar-refractivity contribution in [3.63, 3.8) is 0 Å². The van der Waals surface area contributed by atoms with E-state index in [1.807, 2.05) is 25.7 Å². The number of rotatable bonds is 5. The molecule has 6 heteroatoms. The fourth-order valence-corrected chi connectivity index (χ4v) is 3.35. The second-order valence-electron chi connectivity index (χ2n) is 7.33. The fourth-order valence-electron chi connectivity index (χ4n) is 3.15. The summed E-state index contributed by atoms with van der Waals surface area (Å²) < 4.78 is 0. The molecule has 1 fully saturated rings. The summed E-state index contributed by atoms with van der Waals surface area (Å²) in [4.78, 5) is 26.6. The highest BCUT2D eigenvalue weighted by molar-refractivity contribution is 6.34. The molecule has 1 atom stereocenters. The summed E-state index contributed by atoms with van der Waals surface area (Å²) in [5.41, 5.74) is 6.99. The maximum atomic E-state index is 12.8. The highest BCUT2D eigenvalue weighted by atomic mass is 35.5. The molecule has 1 aliphatic rings. The first-order valence-corrected chi connectivity index (χ1v) is 9.30. The Bertz CT molecular complexity index is 623. The third kappa shape index (κ3) is 5.44. The van der Waals surface area contributed by atoms with Gasteiger partial charge in [-0.15, -0.1) is 0 Å². The third-order valence-corrected chi connectivity index (χ3v) is 4.97. The van der Waals surface area contributed by atoms with Gasteiger partial charge in [0, 0.05) is 31.2 Å². The van der Waals surface area contributed by atoms with Gasteiger partial charge in [-0.05, 0) is 49.8 Å². The maximum absolute atomic E-state index is 12.8. The number of piperidine rings is 1. The Morgan fingerprint density at radius 2 is 1.92 bits per heavy atom. The number of anilines is 1. The van der Waals surface area contributed by atoms with E-state index in [0.29, 0.717) is 41.7 Å². The number of carbonyl (C=O) groups excluding carboxylic acids is 2. The van der Waals surface area contributed by atoms with Crippen LogP contribution in [0.15, 0.2) is 18.2 Å². The number of amides is 2. The van der Waals surface area contributed by atoms with Gasteiger partial charge in [-0.2, -0.15) is 0 Å². The van der Waals surface area contributed by atoms with E-state index in [-0.39, 0.29) is 23.8 Å². The molecular weight excluding hydrogens is 338 g/mol. The van der Waals surface area contributed by atoms with Crippen molar-refractivity contribution in [2.75, 3.05) is 18.4 Å². The van der Waals surface area contributed by atoms with Crippen molar-refractivity contribution in [3.05, 3.63) is 28.8 Å². The van der Waals surface area contributed by atoms with Crippen molar-refractivity contribution in [1.82, 2.24) is 4.90 Å². The van der Waals surface area contributed by atoms with Crippen LogP contribution >= 0.6 is 11.6 Å². The normalized spacial score (nSPS) is 16.8. The molecule has 0 saturated carbocycles. The molecule has 2 amide bonds. The van der Waals surface area contributed by atoms with E-state index >= 15 is 0 Å². The molecule has 5 nitrogen and oxygen atoms in total. The van der Waals surface area contributed by atoms with E-state index in [9.17, 15) is 9.59 Å². The van der Waals surface area contributed by atoms with Crippen LogP contribution < -0.4 is 11.1 Å². The Morgan fingerprint density at radius 3 is 2.48 bits per heavy atom. The second kappa shape index (κ2) is 8.68. The first kappa shape index (κ1) is 19.7. The Labute approximate surface area is 154 Å². The van der Waals surface area contributed by atoms with Gasteiger partial charge in [-0.25, -0.2) is 0 Å². The summed E-state index contributed by atoms with van der Waals surface area (Å²) in [6.07, 6.45) is 2.26. The minimum atomic E-state index is -0.0897. The molecule has 1 heterocycles. The van der Waals surface area contributed by atoms with Gasteiger partial charge in [0.25, 0.3) is 5.91 Å². The maximum Gasteiger partial charge on any atom is 0.255 e. The number of nitrogens with two attached hydrogens (primary N) is 1. The molecule has 0 spiro atoms. The molecule has 0 bridgehead atoms. The molecule has 1 aromatic rings. The molecule has 25 heavy (non-hydrogen) atoms. The van der Waals surface area contributed by atoms with Crippen LogP contribution in [0.2, 0.25) is 5.02 Å². The highest BCUT2D eigenvalue weighted by Crippen LogP contribution is 2.26. The second-order valence-corrected chi connectivity index (χ2v) is 7.74. The smallest absolute Gasteiger partial charge is 0.255 e. The van der Waals surface area contributed by atoms with Crippen LogP contribution in [0.25, 0.3) is 0 Å². The summed E-state index contributed by atoms with van der Waals surface area (Å²) in [7, 11) is 0. The van der Waals surface area contributed by atoms with Gasteiger partial charge in [0.2, 0.25) is 5.91 Å². The highest BCUT2D eigenvalue weighted by Gasteiger charge is 2.26. The number of carbonyl (C=O) groups is 2. The summed E-state index contributed by atoms with van der Waals surface area (Å²) in [6.45, 7) is 7.36. The molecular formula is C19H28ClN3O2. The summed E-state index contributed by atoms with van der Waals surface area (Å²) >= 11 is 6.23. The zero-order chi connectivity index (χ0) is 18.6. The lowest BCUT2D eigenvalue weighted by Crippen LogP contribution is -2.42. The Morgan fingerprint density at radius 1 is 1.28 bits per heavy atom. The largest absolute Gasteiger partial charge is 0.339 e. The predicted octanol–water partition coefficient (Wildman–Crippen LogP) is 3.52. The van der Waals surface area contributed by atoms with Gasteiger partial charge in [0.05, 0.1) is 10.6 Å². The van der Waals surface area contributed by atoms with Gasteiger partial charge in [-0.3, -0.25) is 9.59 Å². The van der Waals surface area contributed by atoms with E-state index in [1.54, 1.807) is 18.2 Å². The first-order valence-electron chi connectivity index (χ1n) is 8.92. The number of hydrogen-bond donors (Lipinski definition) is 2. The molecule has 1 unspecified atom stereocenters. The molecule has 2 rings (SSSR count). The Balaban J connectivity index is 2.07. The number of hydrogen-bond acceptors (Lipinski definition) is 3. The summed E-state index contributed by atoms with van der Waals surface area (Å²) in [6, 6.07) is 5.20. The van der Waals surface area contributed by atoms with Gasteiger partial charge in [-0.1, -0.05) is 25.4 Å². The average molecular weight is 366 g/mol. The number of benzene rings is 1. The Hall–Kier alpha value is -1.59. The van der Waals surface area contributed by atoms with Crippen LogP contribution in [0.1, 0.15) is 50.4 Å². The van der Waals surface area contributed by atoms with Gasteiger partial charge in [0.15, 0.2) is 0 Å². The van der Waals surface area contributed by atoms with E-state index in [2.05, 4.69) is 5.32 Å². The lowest BCUT2D eigenvalue weighted by molar-refractivity contribution is -0.116. The van der Waals surface area contributed by atoms with Crippen LogP contribution in [-0.2, 0) is 4.79 Å². The molecule has 0 aliphatic carbocycles. The van der Waals surface area contributed by atoms with Gasteiger partial charge < -0.3 is 16.0 Å². The molecule has 138 valence electrons. The first-order chi connectivity index (χ1) is 11.8. The molecule has 1 aliphatic heterocycles. The average Bonchev–Trinajstić information content (AvgIpc) is 2.55. The quantitative estimate of drug-likeness (QED) is 0.838. The van der Waals surface area contributed by atoms with E-state index in [4.69, 9.17) is 17.3 Å². The molecule has 0 radical (unpaired) electrons. The SMILES string of the molecule is CC(C)CC(=O)Nc1ccc(Cl)c(C(=O)N2CCC(C(C)N)CC2)c1. The van der Waals surface area contributed by atoms with Crippen LogP contribution in [-0.4, -0.2) is 35.8 Å². The van der Waals surface area contributed by atoms with Crippen molar-refractivity contribution in [3.8, 4) is 0 Å². The Kier molecular flexibility index (Phi) is 6.85. The third-order valence-electron chi connectivity index (χ3n) is 4.64. The zero-order valence-electron chi connectivity index (χ0n) is 15.2. The van der Waals surface area contributed by atoms with E-state index < -0.39 is 0 Å². The van der Waals surface area contributed by atoms with Crippen molar-refractivity contribution >= 4 is 29.1 Å². The summed E-state index contributed by atoms with van der Waals surface area (Å²) in [5.74, 6) is 0.586. The van der Waals surface area contributed by atoms with Crippen LogP contribution in [0.5, 0.6) is 0 Å². The molecule has 1 aromatic carbocycles. The van der Waals surface area contributed by atoms with Gasteiger partial charge in [0.1, 0.15) is 0 Å². The monoisotopic (exact) mass is 365 g/mol. The van der Waals surface area contributed by atoms with Crippen LogP contribution in [0, 0.1) is 11.8 Å². The van der Waals surface area contributed by atoms with Gasteiger partial charge >= 0.3 is 0 Å². The van der Waals surface area contributed by atoms with Crippen molar-refractivity contribution in [2.24, 2.45) is 17.6 Å². The standard InChI is InChI=1S/C19H28ClN3O2/c1-12(2)10-18(24)22-15-4-5-17(20)16(11-15)19(25)23-8-6-14(7-9-23)13(3)21/h4-5,11-14H,6-10,21H2,1-3H3,(H,22,24). The number of nitrogens with one attached hydrogen (secondary N) is 1. The predicted molar refractivity (Wildman–Crippen MR) is 102 cm³/mol. The van der Waals surface area contributed by atoms with Crippen molar-refractivity contribution < 1.29 is 9.59 Å². The van der Waals surface area contributed by atoms with Crippen LogP contribution in [0.4, 0.5) is 5.69 Å². The van der Waals surface area contributed by atoms with Crippen molar-refractivity contribution in [2.45, 2.75) is 46.1 Å². The molecule has 3 N–H and O–H groups in total. The van der Waals surface area contributed by atoms with E-state index in [0.717, 1.165) is 12.8 Å². The lowest BCUT2D eigenvalue weighted by atomic mass is 9.90.